The highest BCUT2D eigenvalue weighted by Gasteiger charge is 2.61. The molecule has 2 unspecified atom stereocenters. The van der Waals surface area contributed by atoms with Crippen molar-refractivity contribution < 1.29 is 38.4 Å². The Morgan fingerprint density at radius 2 is 1.77 bits per heavy atom. The van der Waals surface area contributed by atoms with Gasteiger partial charge in [0.25, 0.3) is 0 Å². The van der Waals surface area contributed by atoms with Crippen LogP contribution in [0.1, 0.15) is 75.2 Å². The van der Waals surface area contributed by atoms with Crippen molar-refractivity contribution in [2.75, 3.05) is 0 Å². The lowest BCUT2D eigenvalue weighted by molar-refractivity contribution is -0.176. The van der Waals surface area contributed by atoms with Gasteiger partial charge in [0, 0.05) is 18.4 Å². The Bertz CT molecular complexity index is 859. The van der Waals surface area contributed by atoms with E-state index in [2.05, 4.69) is 0 Å². The Morgan fingerprint density at radius 3 is 2.31 bits per heavy atom. The molecule has 0 aromatic heterocycles. The molecule has 1 aliphatic carbocycles. The third-order valence-corrected chi connectivity index (χ3v) is 7.33. The van der Waals surface area contributed by atoms with Crippen LogP contribution in [0, 0.1) is 17.8 Å². The molecule has 1 heterocycles. The van der Waals surface area contributed by atoms with Crippen LogP contribution >= 0.6 is 0 Å². The summed E-state index contributed by atoms with van der Waals surface area (Å²) in [4.78, 5) is 37.4. The number of hydrogen-bond donors (Lipinski definition) is 1. The normalized spacial score (nSPS) is 34.5. The highest BCUT2D eigenvalue weighted by Crippen LogP contribution is 2.48. The van der Waals surface area contributed by atoms with Gasteiger partial charge in [-0.25, -0.2) is 4.79 Å². The van der Waals surface area contributed by atoms with Crippen molar-refractivity contribution in [3.63, 3.8) is 0 Å². The third kappa shape index (κ3) is 6.94. The van der Waals surface area contributed by atoms with Crippen molar-refractivity contribution in [3.05, 3.63) is 23.3 Å². The molecule has 1 aliphatic heterocycles. The van der Waals surface area contributed by atoms with Crippen molar-refractivity contribution in [2.45, 2.75) is 111 Å². The molecule has 0 amide bonds. The number of hydrogen-bond acceptors (Lipinski definition) is 8. The van der Waals surface area contributed by atoms with Gasteiger partial charge in [-0.3, -0.25) is 9.59 Å². The van der Waals surface area contributed by atoms with Crippen LogP contribution in [0.25, 0.3) is 0 Å². The molecule has 35 heavy (non-hydrogen) atoms. The summed E-state index contributed by atoms with van der Waals surface area (Å²) < 4.78 is 23.2. The number of fused-ring (bicyclic) bond motifs is 1. The fourth-order valence-corrected chi connectivity index (χ4v) is 4.61. The van der Waals surface area contributed by atoms with E-state index in [-0.39, 0.29) is 5.92 Å². The molecule has 2 aliphatic rings. The first-order chi connectivity index (χ1) is 16.2. The molecular formula is C27H42O8. The predicted molar refractivity (Wildman–Crippen MR) is 130 cm³/mol. The largest absolute Gasteiger partial charge is 0.462 e. The Hall–Kier alpha value is -2.19. The van der Waals surface area contributed by atoms with Gasteiger partial charge in [0.15, 0.2) is 0 Å². The zero-order valence-corrected chi connectivity index (χ0v) is 22.5. The zero-order valence-electron chi connectivity index (χ0n) is 22.5. The summed E-state index contributed by atoms with van der Waals surface area (Å²) in [5.41, 5.74) is 0.606. The van der Waals surface area contributed by atoms with E-state index in [9.17, 15) is 19.5 Å². The molecule has 1 fully saturated rings. The lowest BCUT2D eigenvalue weighted by Gasteiger charge is -2.39. The molecule has 0 aromatic rings. The van der Waals surface area contributed by atoms with E-state index in [1.54, 1.807) is 33.8 Å². The van der Waals surface area contributed by atoms with Crippen molar-refractivity contribution in [3.8, 4) is 0 Å². The Labute approximate surface area is 209 Å². The second-order valence-corrected chi connectivity index (χ2v) is 10.5. The first-order valence-electron chi connectivity index (χ1n) is 12.5. The van der Waals surface area contributed by atoms with E-state index in [0.29, 0.717) is 24.0 Å². The summed E-state index contributed by atoms with van der Waals surface area (Å²) in [5, 5.41) is 11.3. The molecule has 0 bridgehead atoms. The maximum absolute atomic E-state index is 13.2. The second-order valence-electron chi connectivity index (χ2n) is 10.5. The molecule has 0 radical (unpaired) electrons. The van der Waals surface area contributed by atoms with Gasteiger partial charge >= 0.3 is 17.9 Å². The Kier molecular flexibility index (Phi) is 9.71. The zero-order chi connectivity index (χ0) is 26.7. The van der Waals surface area contributed by atoms with Gasteiger partial charge in [0.2, 0.25) is 0 Å². The SMILES string of the molecule is C/C=C(\C)C(=O)O[C@H]1[C@H](C(C)C)[C@H](OC(=O)C(C)C(C)OC(C)=O)[C@H]2O[C@]2(C)CC/C=C(\C)[C@@H]1O. The van der Waals surface area contributed by atoms with Crippen LogP contribution in [0.3, 0.4) is 0 Å². The predicted octanol–water partition coefficient (Wildman–Crippen LogP) is 3.89. The van der Waals surface area contributed by atoms with Crippen LogP contribution in [0.5, 0.6) is 0 Å². The van der Waals surface area contributed by atoms with Gasteiger partial charge in [-0.15, -0.1) is 0 Å². The first-order valence-corrected chi connectivity index (χ1v) is 12.5. The minimum absolute atomic E-state index is 0.131. The molecule has 198 valence electrons. The summed E-state index contributed by atoms with van der Waals surface area (Å²) in [7, 11) is 0. The Morgan fingerprint density at radius 1 is 1.14 bits per heavy atom. The van der Waals surface area contributed by atoms with E-state index in [1.165, 1.54) is 6.92 Å². The maximum Gasteiger partial charge on any atom is 0.333 e. The molecule has 1 saturated heterocycles. The molecule has 2 rings (SSSR count). The quantitative estimate of drug-likeness (QED) is 0.187. The number of rotatable bonds is 7. The molecule has 8 atom stereocenters. The lowest BCUT2D eigenvalue weighted by Crippen LogP contribution is -2.51. The summed E-state index contributed by atoms with van der Waals surface area (Å²) in [6, 6.07) is 0. The average molecular weight is 495 g/mol. The van der Waals surface area contributed by atoms with Gasteiger partial charge in [0.1, 0.15) is 30.5 Å². The minimum Gasteiger partial charge on any atom is -0.462 e. The smallest absolute Gasteiger partial charge is 0.333 e. The molecule has 8 nitrogen and oxygen atoms in total. The topological polar surface area (TPSA) is 112 Å². The van der Waals surface area contributed by atoms with Gasteiger partial charge in [-0.1, -0.05) is 26.0 Å². The van der Waals surface area contributed by atoms with Gasteiger partial charge in [0.05, 0.1) is 11.5 Å². The number of ether oxygens (including phenoxy) is 4. The van der Waals surface area contributed by atoms with Crippen LogP contribution in [-0.2, 0) is 33.3 Å². The van der Waals surface area contributed by atoms with E-state index in [0.717, 1.165) is 0 Å². The van der Waals surface area contributed by atoms with Crippen LogP contribution in [-0.4, -0.2) is 59.1 Å². The van der Waals surface area contributed by atoms with Crippen molar-refractivity contribution in [2.24, 2.45) is 17.8 Å². The van der Waals surface area contributed by atoms with E-state index in [4.69, 9.17) is 18.9 Å². The fraction of sp³-hybridized carbons (Fsp3) is 0.741. The van der Waals surface area contributed by atoms with E-state index < -0.39 is 65.9 Å². The summed E-state index contributed by atoms with van der Waals surface area (Å²) in [6.07, 6.45) is 1.06. The van der Waals surface area contributed by atoms with Gasteiger partial charge < -0.3 is 24.1 Å². The van der Waals surface area contributed by atoms with Crippen LogP contribution in [0.15, 0.2) is 23.3 Å². The standard InChI is InChI=1S/C27H42O8/c1-10-15(4)25(30)33-22-20(14(2)3)23(34-26(31)17(6)18(7)32-19(8)28)24-27(9,35-24)13-11-12-16(5)21(22)29/h10,12,14,17-18,20-24,29H,11,13H2,1-9H3/b15-10+,16-12+/t17?,18?,20-,21-,22-,23-,24+,27+/m0/s1. The van der Waals surface area contributed by atoms with E-state index >= 15 is 0 Å². The summed E-state index contributed by atoms with van der Waals surface area (Å²) in [5.74, 6) is -2.95. The lowest BCUT2D eigenvalue weighted by atomic mass is 9.77. The molecule has 0 saturated carbocycles. The number of epoxide rings is 1. The van der Waals surface area contributed by atoms with Crippen molar-refractivity contribution >= 4 is 17.9 Å². The van der Waals surface area contributed by atoms with Gasteiger partial charge in [-0.05, 0) is 65.9 Å². The monoisotopic (exact) mass is 494 g/mol. The summed E-state index contributed by atoms with van der Waals surface area (Å²) >= 11 is 0. The number of carbonyl (C=O) groups excluding carboxylic acids is 3. The van der Waals surface area contributed by atoms with Gasteiger partial charge in [-0.2, -0.15) is 0 Å². The minimum atomic E-state index is -1.07. The average Bonchev–Trinajstić information content (AvgIpc) is 3.45. The van der Waals surface area contributed by atoms with Crippen LogP contribution < -0.4 is 0 Å². The molecule has 0 aromatic carbocycles. The Balaban J connectivity index is 2.49. The maximum atomic E-state index is 13.2. The van der Waals surface area contributed by atoms with E-state index in [1.807, 2.05) is 33.8 Å². The number of allylic oxidation sites excluding steroid dienone is 2. The molecule has 1 N–H and O–H groups in total. The first kappa shape index (κ1) is 29.0. The second kappa shape index (κ2) is 11.7. The highest BCUT2D eigenvalue weighted by atomic mass is 16.6. The number of esters is 3. The fourth-order valence-electron chi connectivity index (χ4n) is 4.61. The number of aliphatic hydroxyl groups excluding tert-OH is 1. The molecule has 8 heteroatoms. The third-order valence-electron chi connectivity index (χ3n) is 7.33. The van der Waals surface area contributed by atoms with Crippen LogP contribution in [0.2, 0.25) is 0 Å². The number of carbonyl (C=O) groups is 3. The summed E-state index contributed by atoms with van der Waals surface area (Å²) in [6.45, 7) is 15.6. The van der Waals surface area contributed by atoms with Crippen LogP contribution in [0.4, 0.5) is 0 Å². The molecular weight excluding hydrogens is 452 g/mol. The molecule has 0 spiro atoms. The van der Waals surface area contributed by atoms with Crippen molar-refractivity contribution in [1.82, 2.24) is 0 Å². The number of aliphatic hydroxyl groups is 1. The highest BCUT2D eigenvalue weighted by molar-refractivity contribution is 5.87. The van der Waals surface area contributed by atoms with Crippen molar-refractivity contribution in [1.29, 1.82) is 0 Å².